The molecule has 21 heavy (non-hydrogen) atoms. The Hall–Kier alpha value is -0.530. The first-order valence-electron chi connectivity index (χ1n) is 9.44. The fourth-order valence-electron chi connectivity index (χ4n) is 3.13. The van der Waals surface area contributed by atoms with Crippen LogP contribution in [0.15, 0.2) is 0 Å². The quantitative estimate of drug-likeness (QED) is 0.510. The number of ether oxygens (including phenoxy) is 1. The molecule has 0 radical (unpaired) electrons. The average Bonchev–Trinajstić information content (AvgIpc) is 2.48. The highest BCUT2D eigenvalue weighted by molar-refractivity contribution is 5.69. The van der Waals surface area contributed by atoms with E-state index in [0.717, 1.165) is 12.8 Å². The number of hydrogen-bond acceptors (Lipinski definition) is 2. The second kappa shape index (κ2) is 13.2. The van der Waals surface area contributed by atoms with E-state index in [1.165, 1.54) is 77.0 Å². The fraction of sp³-hybridized carbons (Fsp3) is 0.947. The fourth-order valence-corrected chi connectivity index (χ4v) is 3.13. The summed E-state index contributed by atoms with van der Waals surface area (Å²) in [5.74, 6) is 0.680. The Labute approximate surface area is 132 Å². The van der Waals surface area contributed by atoms with Crippen LogP contribution in [0.5, 0.6) is 0 Å². The van der Waals surface area contributed by atoms with Gasteiger partial charge < -0.3 is 4.74 Å². The Kier molecular flexibility index (Phi) is 11.6. The summed E-state index contributed by atoms with van der Waals surface area (Å²) in [6.45, 7) is 2.91. The monoisotopic (exact) mass is 296 g/mol. The van der Waals surface area contributed by atoms with Crippen molar-refractivity contribution in [1.82, 2.24) is 0 Å². The highest BCUT2D eigenvalue weighted by atomic mass is 16.5. The third-order valence-corrected chi connectivity index (χ3v) is 4.70. The first-order chi connectivity index (χ1) is 10.3. The molecule has 1 aliphatic heterocycles. The van der Waals surface area contributed by atoms with Crippen LogP contribution in [-0.4, -0.2) is 12.6 Å². The van der Waals surface area contributed by atoms with Gasteiger partial charge in [0.15, 0.2) is 0 Å². The lowest BCUT2D eigenvalue weighted by molar-refractivity contribution is -0.144. The molecule has 1 unspecified atom stereocenters. The van der Waals surface area contributed by atoms with Crippen molar-refractivity contribution in [3.8, 4) is 0 Å². The van der Waals surface area contributed by atoms with E-state index in [0.29, 0.717) is 18.9 Å². The maximum absolute atomic E-state index is 11.6. The third-order valence-electron chi connectivity index (χ3n) is 4.70. The molecule has 1 rings (SSSR count). The molecule has 1 fully saturated rings. The second-order valence-electron chi connectivity index (χ2n) is 6.90. The van der Waals surface area contributed by atoms with Crippen molar-refractivity contribution >= 4 is 5.97 Å². The predicted molar refractivity (Wildman–Crippen MR) is 89.4 cm³/mol. The molecule has 0 aliphatic carbocycles. The number of carbonyl (C=O) groups is 1. The summed E-state index contributed by atoms with van der Waals surface area (Å²) < 4.78 is 5.32. The molecule has 124 valence electrons. The molecular weight excluding hydrogens is 260 g/mol. The van der Waals surface area contributed by atoms with E-state index in [4.69, 9.17) is 4.74 Å². The molecule has 2 heteroatoms. The minimum atomic E-state index is 0.0137. The van der Waals surface area contributed by atoms with E-state index in [2.05, 4.69) is 6.92 Å². The Morgan fingerprint density at radius 2 is 1.19 bits per heavy atom. The van der Waals surface area contributed by atoms with E-state index in [1.807, 2.05) is 0 Å². The highest BCUT2D eigenvalue weighted by Crippen LogP contribution is 2.17. The van der Waals surface area contributed by atoms with Crippen molar-refractivity contribution in [1.29, 1.82) is 0 Å². The van der Waals surface area contributed by atoms with Gasteiger partial charge in [0.2, 0.25) is 0 Å². The molecule has 1 heterocycles. The summed E-state index contributed by atoms with van der Waals surface area (Å²) in [6.07, 6.45) is 19.0. The number of rotatable bonds is 0. The molecule has 0 saturated carbocycles. The van der Waals surface area contributed by atoms with Crippen molar-refractivity contribution < 1.29 is 9.53 Å². The summed E-state index contributed by atoms with van der Waals surface area (Å²) in [6, 6.07) is 0. The van der Waals surface area contributed by atoms with Crippen LogP contribution in [0.4, 0.5) is 0 Å². The zero-order valence-corrected chi connectivity index (χ0v) is 14.2. The summed E-state index contributed by atoms with van der Waals surface area (Å²) in [4.78, 5) is 11.6. The Morgan fingerprint density at radius 1 is 0.714 bits per heavy atom. The van der Waals surface area contributed by atoms with E-state index in [-0.39, 0.29) is 5.97 Å². The van der Waals surface area contributed by atoms with Crippen molar-refractivity contribution in [2.24, 2.45) is 5.92 Å². The van der Waals surface area contributed by atoms with Crippen molar-refractivity contribution in [3.05, 3.63) is 0 Å². The molecule has 0 N–H and O–H groups in total. The second-order valence-corrected chi connectivity index (χ2v) is 6.90. The van der Waals surface area contributed by atoms with Crippen LogP contribution >= 0.6 is 0 Å². The molecule has 1 atom stereocenters. The van der Waals surface area contributed by atoms with Gasteiger partial charge in [-0.1, -0.05) is 84.0 Å². The maximum atomic E-state index is 11.6. The van der Waals surface area contributed by atoms with Gasteiger partial charge in [-0.2, -0.15) is 0 Å². The lowest BCUT2D eigenvalue weighted by Gasteiger charge is -2.11. The van der Waals surface area contributed by atoms with Gasteiger partial charge in [0.05, 0.1) is 6.61 Å². The lowest BCUT2D eigenvalue weighted by Crippen LogP contribution is -2.08. The molecule has 0 spiro atoms. The molecule has 1 aliphatic rings. The Balaban J connectivity index is 2.19. The smallest absolute Gasteiger partial charge is 0.305 e. The molecule has 1 saturated heterocycles. The SMILES string of the molecule is CC1CCCCCCCCCCCCCCOC(=O)CC1. The summed E-state index contributed by atoms with van der Waals surface area (Å²) in [5.41, 5.74) is 0. The first kappa shape index (κ1) is 18.5. The molecule has 2 nitrogen and oxygen atoms in total. The molecule has 0 aromatic rings. The molecule has 0 bridgehead atoms. The normalized spacial score (nSPS) is 26.1. The van der Waals surface area contributed by atoms with Gasteiger partial charge in [0.25, 0.3) is 0 Å². The van der Waals surface area contributed by atoms with Crippen LogP contribution in [-0.2, 0) is 9.53 Å². The standard InChI is InChI=1S/C19H36O2/c1-18-14-12-10-8-6-4-2-3-5-7-9-11-13-17-21-19(20)16-15-18/h18H,2-17H2,1H3. The molecular formula is C19H36O2. The highest BCUT2D eigenvalue weighted by Gasteiger charge is 2.08. The van der Waals surface area contributed by atoms with E-state index in [9.17, 15) is 4.79 Å². The van der Waals surface area contributed by atoms with Crippen molar-refractivity contribution in [3.63, 3.8) is 0 Å². The van der Waals surface area contributed by atoms with Gasteiger partial charge in [-0.3, -0.25) is 4.79 Å². The Morgan fingerprint density at radius 3 is 1.76 bits per heavy atom. The van der Waals surface area contributed by atoms with Crippen LogP contribution in [0.3, 0.4) is 0 Å². The summed E-state index contributed by atoms with van der Waals surface area (Å²) >= 11 is 0. The number of esters is 1. The van der Waals surface area contributed by atoms with Gasteiger partial charge >= 0.3 is 5.97 Å². The lowest BCUT2D eigenvalue weighted by atomic mass is 9.97. The molecule has 0 aromatic heterocycles. The van der Waals surface area contributed by atoms with Crippen LogP contribution in [0.1, 0.15) is 103 Å². The third kappa shape index (κ3) is 11.8. The number of carbonyl (C=O) groups excluding carboxylic acids is 1. The number of hydrogen-bond donors (Lipinski definition) is 0. The van der Waals surface area contributed by atoms with Crippen LogP contribution < -0.4 is 0 Å². The largest absolute Gasteiger partial charge is 0.466 e. The zero-order chi connectivity index (χ0) is 15.2. The topological polar surface area (TPSA) is 26.3 Å². The van der Waals surface area contributed by atoms with Crippen molar-refractivity contribution in [2.75, 3.05) is 6.61 Å². The average molecular weight is 296 g/mol. The van der Waals surface area contributed by atoms with Crippen LogP contribution in [0, 0.1) is 5.92 Å². The van der Waals surface area contributed by atoms with Gasteiger partial charge in [0, 0.05) is 6.42 Å². The van der Waals surface area contributed by atoms with Gasteiger partial charge in [-0.25, -0.2) is 0 Å². The predicted octanol–water partition coefficient (Wildman–Crippen LogP) is 6.03. The van der Waals surface area contributed by atoms with E-state index >= 15 is 0 Å². The van der Waals surface area contributed by atoms with Gasteiger partial charge in [-0.15, -0.1) is 0 Å². The van der Waals surface area contributed by atoms with Gasteiger partial charge in [-0.05, 0) is 18.8 Å². The minimum absolute atomic E-state index is 0.0137. The maximum Gasteiger partial charge on any atom is 0.305 e. The number of cyclic esters (lactones) is 1. The van der Waals surface area contributed by atoms with Crippen LogP contribution in [0.2, 0.25) is 0 Å². The van der Waals surface area contributed by atoms with Crippen molar-refractivity contribution in [2.45, 2.75) is 103 Å². The minimum Gasteiger partial charge on any atom is -0.466 e. The zero-order valence-electron chi connectivity index (χ0n) is 14.2. The van der Waals surface area contributed by atoms with E-state index < -0.39 is 0 Å². The molecule has 0 aromatic carbocycles. The first-order valence-corrected chi connectivity index (χ1v) is 9.44. The van der Waals surface area contributed by atoms with Gasteiger partial charge in [0.1, 0.15) is 0 Å². The van der Waals surface area contributed by atoms with E-state index in [1.54, 1.807) is 0 Å². The summed E-state index contributed by atoms with van der Waals surface area (Å²) in [7, 11) is 0. The molecule has 0 amide bonds. The Bertz CT molecular complexity index is 250. The van der Waals surface area contributed by atoms with Crippen LogP contribution in [0.25, 0.3) is 0 Å². The summed E-state index contributed by atoms with van der Waals surface area (Å²) in [5, 5.41) is 0.